The van der Waals surface area contributed by atoms with Crippen LogP contribution < -0.4 is 10.6 Å². The maximum atomic E-state index is 12.8. The summed E-state index contributed by atoms with van der Waals surface area (Å²) in [5, 5.41) is 14.9. The maximum absolute atomic E-state index is 12.8. The molecule has 3 N–H and O–H groups in total. The summed E-state index contributed by atoms with van der Waals surface area (Å²) >= 11 is 0. The van der Waals surface area contributed by atoms with Crippen LogP contribution in [0.1, 0.15) is 17.2 Å². The number of nitrogens with one attached hydrogen (secondary N) is 2. The second-order valence-corrected chi connectivity index (χ2v) is 5.63. The van der Waals surface area contributed by atoms with E-state index >= 15 is 0 Å². The van der Waals surface area contributed by atoms with Crippen LogP contribution in [0.4, 0.5) is 4.39 Å². The van der Waals surface area contributed by atoms with Crippen molar-refractivity contribution in [1.29, 1.82) is 0 Å². The molecule has 0 aliphatic rings. The van der Waals surface area contributed by atoms with E-state index < -0.39 is 17.9 Å². The molecule has 138 valence electrons. The summed E-state index contributed by atoms with van der Waals surface area (Å²) in [5.41, 5.74) is 1.44. The van der Waals surface area contributed by atoms with E-state index in [9.17, 15) is 19.1 Å². The Hall–Kier alpha value is -2.77. The first kappa shape index (κ1) is 19.6. The van der Waals surface area contributed by atoms with E-state index in [1.54, 1.807) is 36.4 Å². The van der Waals surface area contributed by atoms with Gasteiger partial charge in [-0.05, 0) is 23.3 Å². The van der Waals surface area contributed by atoms with Gasteiger partial charge in [0.2, 0.25) is 11.8 Å². The van der Waals surface area contributed by atoms with E-state index in [0.717, 1.165) is 5.56 Å². The van der Waals surface area contributed by atoms with Gasteiger partial charge in [0.1, 0.15) is 12.4 Å². The van der Waals surface area contributed by atoms with Crippen LogP contribution in [0.3, 0.4) is 0 Å². The first-order valence-electron chi connectivity index (χ1n) is 8.13. The highest BCUT2D eigenvalue weighted by molar-refractivity contribution is 5.85. The van der Waals surface area contributed by atoms with E-state index in [1.807, 2.05) is 6.07 Å². The Morgan fingerprint density at radius 2 is 1.69 bits per heavy atom. The lowest BCUT2D eigenvalue weighted by atomic mass is 10.1. The SMILES string of the molecule is O=C(CNC(=O)COCc1ccc(F)cc1)NC[C@@H](O)c1ccccc1. The summed E-state index contributed by atoms with van der Waals surface area (Å²) in [4.78, 5) is 23.3. The van der Waals surface area contributed by atoms with E-state index in [-0.39, 0.29) is 32.1 Å². The van der Waals surface area contributed by atoms with Crippen LogP contribution in [0, 0.1) is 5.82 Å². The molecule has 0 aromatic heterocycles. The fraction of sp³-hybridized carbons (Fsp3) is 0.263. The first-order valence-corrected chi connectivity index (χ1v) is 8.13. The van der Waals surface area contributed by atoms with E-state index in [1.165, 1.54) is 12.1 Å². The molecule has 0 unspecified atom stereocenters. The zero-order chi connectivity index (χ0) is 18.8. The molecule has 0 saturated heterocycles. The topological polar surface area (TPSA) is 87.7 Å². The average molecular weight is 360 g/mol. The second kappa shape index (κ2) is 10.3. The molecule has 2 aromatic rings. The van der Waals surface area contributed by atoms with Crippen molar-refractivity contribution in [2.24, 2.45) is 0 Å². The number of aliphatic hydroxyl groups is 1. The Morgan fingerprint density at radius 3 is 2.38 bits per heavy atom. The van der Waals surface area contributed by atoms with Crippen molar-refractivity contribution in [3.05, 3.63) is 71.5 Å². The van der Waals surface area contributed by atoms with Crippen LogP contribution in [-0.4, -0.2) is 36.6 Å². The van der Waals surface area contributed by atoms with Crippen LogP contribution >= 0.6 is 0 Å². The summed E-state index contributed by atoms with van der Waals surface area (Å²) < 4.78 is 18.0. The number of aliphatic hydroxyl groups excluding tert-OH is 1. The van der Waals surface area contributed by atoms with Crippen molar-refractivity contribution in [2.45, 2.75) is 12.7 Å². The normalized spacial score (nSPS) is 11.6. The number of hydrogen-bond acceptors (Lipinski definition) is 4. The quantitative estimate of drug-likeness (QED) is 0.629. The van der Waals surface area contributed by atoms with Crippen LogP contribution in [0.15, 0.2) is 54.6 Å². The van der Waals surface area contributed by atoms with Crippen molar-refractivity contribution in [3.63, 3.8) is 0 Å². The molecule has 2 rings (SSSR count). The fourth-order valence-corrected chi connectivity index (χ4v) is 2.14. The molecule has 2 aromatic carbocycles. The van der Waals surface area contributed by atoms with Gasteiger partial charge in [0, 0.05) is 6.54 Å². The van der Waals surface area contributed by atoms with Crippen LogP contribution in [-0.2, 0) is 20.9 Å². The number of carbonyl (C=O) groups is 2. The van der Waals surface area contributed by atoms with Gasteiger partial charge in [-0.2, -0.15) is 0 Å². The van der Waals surface area contributed by atoms with Gasteiger partial charge in [0.05, 0.1) is 19.3 Å². The highest BCUT2D eigenvalue weighted by Crippen LogP contribution is 2.10. The average Bonchev–Trinajstić information content (AvgIpc) is 2.66. The molecular weight excluding hydrogens is 339 g/mol. The minimum atomic E-state index is -0.810. The zero-order valence-corrected chi connectivity index (χ0v) is 14.2. The number of amides is 2. The van der Waals surface area contributed by atoms with Crippen LogP contribution in [0.2, 0.25) is 0 Å². The Balaban J connectivity index is 1.59. The standard InChI is InChI=1S/C19H21FN2O4/c20-16-8-6-14(7-9-16)12-26-13-19(25)22-11-18(24)21-10-17(23)15-4-2-1-3-5-15/h1-9,17,23H,10-13H2,(H,21,24)(H,22,25)/t17-/m1/s1. The lowest BCUT2D eigenvalue weighted by Crippen LogP contribution is -2.39. The molecule has 26 heavy (non-hydrogen) atoms. The largest absolute Gasteiger partial charge is 0.387 e. The smallest absolute Gasteiger partial charge is 0.246 e. The highest BCUT2D eigenvalue weighted by atomic mass is 19.1. The van der Waals surface area contributed by atoms with Gasteiger partial charge in [0.15, 0.2) is 0 Å². The Bertz CT molecular complexity index is 707. The lowest BCUT2D eigenvalue weighted by Gasteiger charge is -2.12. The molecule has 0 radical (unpaired) electrons. The molecule has 0 aliphatic heterocycles. The Kier molecular flexibility index (Phi) is 7.73. The van der Waals surface area contributed by atoms with Crippen molar-refractivity contribution in [3.8, 4) is 0 Å². The number of benzene rings is 2. The molecule has 7 heteroatoms. The summed E-state index contributed by atoms with van der Waals surface area (Å²) in [7, 11) is 0. The summed E-state index contributed by atoms with van der Waals surface area (Å²) in [5.74, 6) is -1.19. The molecule has 6 nitrogen and oxygen atoms in total. The minimum Gasteiger partial charge on any atom is -0.387 e. The maximum Gasteiger partial charge on any atom is 0.246 e. The van der Waals surface area contributed by atoms with Gasteiger partial charge in [-0.1, -0.05) is 42.5 Å². The third kappa shape index (κ3) is 7.00. The Labute approximate surface area is 151 Å². The molecule has 2 amide bonds. The number of rotatable bonds is 9. The predicted molar refractivity (Wildman–Crippen MR) is 93.5 cm³/mol. The van der Waals surface area contributed by atoms with E-state index in [2.05, 4.69) is 10.6 Å². The van der Waals surface area contributed by atoms with Crippen LogP contribution in [0.5, 0.6) is 0 Å². The molecule has 0 fully saturated rings. The molecule has 0 bridgehead atoms. The van der Waals surface area contributed by atoms with Gasteiger partial charge in [-0.3, -0.25) is 9.59 Å². The molecular formula is C19H21FN2O4. The van der Waals surface area contributed by atoms with Gasteiger partial charge in [-0.15, -0.1) is 0 Å². The monoisotopic (exact) mass is 360 g/mol. The third-order valence-electron chi connectivity index (χ3n) is 3.54. The van der Waals surface area contributed by atoms with Gasteiger partial charge < -0.3 is 20.5 Å². The molecule has 0 spiro atoms. The lowest BCUT2D eigenvalue weighted by molar-refractivity contribution is -0.129. The zero-order valence-electron chi connectivity index (χ0n) is 14.2. The van der Waals surface area contributed by atoms with Crippen molar-refractivity contribution >= 4 is 11.8 Å². The summed E-state index contributed by atoms with van der Waals surface area (Å²) in [6.07, 6.45) is -0.810. The van der Waals surface area contributed by atoms with Crippen LogP contribution in [0.25, 0.3) is 0 Å². The molecule has 0 aliphatic carbocycles. The number of halogens is 1. The fourth-order valence-electron chi connectivity index (χ4n) is 2.14. The molecule has 0 saturated carbocycles. The number of ether oxygens (including phenoxy) is 1. The van der Waals surface area contributed by atoms with Crippen molar-refractivity contribution in [1.82, 2.24) is 10.6 Å². The molecule has 1 atom stereocenters. The first-order chi connectivity index (χ1) is 12.5. The van der Waals surface area contributed by atoms with Gasteiger partial charge in [-0.25, -0.2) is 4.39 Å². The van der Waals surface area contributed by atoms with Gasteiger partial charge >= 0.3 is 0 Å². The number of hydrogen-bond donors (Lipinski definition) is 3. The van der Waals surface area contributed by atoms with Crippen molar-refractivity contribution < 1.29 is 23.8 Å². The summed E-state index contributed by atoms with van der Waals surface area (Å²) in [6, 6.07) is 14.7. The van der Waals surface area contributed by atoms with Crippen molar-refractivity contribution in [2.75, 3.05) is 19.7 Å². The van der Waals surface area contributed by atoms with Gasteiger partial charge in [0.25, 0.3) is 0 Å². The minimum absolute atomic E-state index is 0.0553. The summed E-state index contributed by atoms with van der Waals surface area (Å²) in [6.45, 7) is -0.194. The van der Waals surface area contributed by atoms with E-state index in [4.69, 9.17) is 4.74 Å². The number of carbonyl (C=O) groups excluding carboxylic acids is 2. The third-order valence-corrected chi connectivity index (χ3v) is 3.54. The predicted octanol–water partition coefficient (Wildman–Crippen LogP) is 1.31. The highest BCUT2D eigenvalue weighted by Gasteiger charge is 2.10. The molecule has 0 heterocycles. The second-order valence-electron chi connectivity index (χ2n) is 5.63. The van der Waals surface area contributed by atoms with E-state index in [0.29, 0.717) is 5.56 Å². The Morgan fingerprint density at radius 1 is 1.00 bits per heavy atom.